The summed E-state index contributed by atoms with van der Waals surface area (Å²) in [5.41, 5.74) is 0. The number of hydrogen-bond acceptors (Lipinski definition) is 11. The van der Waals surface area contributed by atoms with Gasteiger partial charge in [0.25, 0.3) is 10.1 Å². The van der Waals surface area contributed by atoms with Crippen LogP contribution >= 0.6 is 0 Å². The summed E-state index contributed by atoms with van der Waals surface area (Å²) < 4.78 is 53.9. The third kappa shape index (κ3) is 30.6. The number of rotatable bonds is 34. The Balaban J connectivity index is 2.53. The van der Waals surface area contributed by atoms with Crippen LogP contribution in [0.3, 0.4) is 0 Å². The van der Waals surface area contributed by atoms with Gasteiger partial charge in [-0.1, -0.05) is 143 Å². The first kappa shape index (κ1) is 54.6. The maximum atomic E-state index is 12.7. The second kappa shape index (κ2) is 36.2. The Hall–Kier alpha value is -3.43. The number of unbranched alkanes of at least 4 members (excludes halogenated alkanes) is 7. The van der Waals surface area contributed by atoms with E-state index in [1.807, 2.05) is 18.2 Å². The second-order valence-corrected chi connectivity index (χ2v) is 16.1. The summed E-state index contributed by atoms with van der Waals surface area (Å²) in [5, 5.41) is 30.8. The minimum absolute atomic E-state index is 0.0758. The van der Waals surface area contributed by atoms with Crippen molar-refractivity contribution in [3.63, 3.8) is 0 Å². The number of aliphatic hydroxyl groups is 3. The third-order valence-corrected chi connectivity index (χ3v) is 9.94. The van der Waals surface area contributed by atoms with Gasteiger partial charge in [-0.15, -0.1) is 0 Å². The van der Waals surface area contributed by atoms with Crippen LogP contribution in [0.4, 0.5) is 0 Å². The second-order valence-electron chi connectivity index (χ2n) is 14.6. The first-order valence-corrected chi connectivity index (χ1v) is 23.4. The summed E-state index contributed by atoms with van der Waals surface area (Å²) in [4.78, 5) is 25.3. The van der Waals surface area contributed by atoms with Crippen LogP contribution in [0.15, 0.2) is 97.2 Å². The molecular formula is C47H74O12S. The zero-order chi connectivity index (χ0) is 44.1. The van der Waals surface area contributed by atoms with E-state index in [1.165, 1.54) is 0 Å². The van der Waals surface area contributed by atoms with Crippen molar-refractivity contribution in [3.05, 3.63) is 97.2 Å². The Labute approximate surface area is 360 Å². The molecule has 4 N–H and O–H groups in total. The van der Waals surface area contributed by atoms with E-state index >= 15 is 0 Å². The van der Waals surface area contributed by atoms with Gasteiger partial charge in [0, 0.05) is 6.42 Å². The van der Waals surface area contributed by atoms with Crippen molar-refractivity contribution >= 4 is 22.1 Å². The highest BCUT2D eigenvalue weighted by Crippen LogP contribution is 2.24. The number of ether oxygens (including phenoxy) is 4. The van der Waals surface area contributed by atoms with Gasteiger partial charge in [-0.2, -0.15) is 8.42 Å². The van der Waals surface area contributed by atoms with Crippen LogP contribution in [-0.2, 0) is 38.7 Å². The fourth-order valence-electron chi connectivity index (χ4n) is 5.88. The quantitative estimate of drug-likeness (QED) is 0.0209. The lowest BCUT2D eigenvalue weighted by molar-refractivity contribution is -0.297. The zero-order valence-corrected chi connectivity index (χ0v) is 36.8. The van der Waals surface area contributed by atoms with E-state index in [9.17, 15) is 37.9 Å². The lowest BCUT2D eigenvalue weighted by Crippen LogP contribution is -2.60. The molecule has 340 valence electrons. The van der Waals surface area contributed by atoms with E-state index in [0.29, 0.717) is 12.8 Å². The standard InChI is InChI=1S/C47H74O12S/c1-3-5-7-9-11-13-15-17-19-20-22-23-25-27-29-31-33-35-42(48)56-37-40(38-57-47-46(52)45(51)44(50)41(59-47)39-60(53,54)55)58-43(49)36-34-32-30-28-26-24-21-18-16-14-12-10-8-6-4-2/h5-8,11-14,17-19,21,26,28,32,34,40-41,44-47,50-52H,3-4,9-10,15-16,20,22-25,27,29-31,33,35-39H2,1-2H3,(H,53,54,55)/b7-5-,8-6-,13-11-,14-12-,19-17-,21-18-,28-26-,34-32-. The predicted octanol–water partition coefficient (Wildman–Crippen LogP) is 8.66. The van der Waals surface area contributed by atoms with Gasteiger partial charge in [0.1, 0.15) is 36.8 Å². The van der Waals surface area contributed by atoms with Crippen molar-refractivity contribution in [3.8, 4) is 0 Å². The summed E-state index contributed by atoms with van der Waals surface area (Å²) in [6.07, 6.45) is 39.1. The zero-order valence-electron chi connectivity index (χ0n) is 36.0. The van der Waals surface area contributed by atoms with Gasteiger partial charge in [-0.3, -0.25) is 14.1 Å². The van der Waals surface area contributed by atoms with Crippen LogP contribution in [0, 0.1) is 0 Å². The number of carbonyl (C=O) groups excluding carboxylic acids is 2. The highest BCUT2D eigenvalue weighted by molar-refractivity contribution is 7.85. The first-order chi connectivity index (χ1) is 29.0. The predicted molar refractivity (Wildman–Crippen MR) is 237 cm³/mol. The van der Waals surface area contributed by atoms with Gasteiger partial charge >= 0.3 is 11.9 Å². The lowest BCUT2D eigenvalue weighted by atomic mass is 10.00. The van der Waals surface area contributed by atoms with E-state index in [1.54, 1.807) is 6.08 Å². The molecule has 0 spiro atoms. The molecule has 0 aliphatic carbocycles. The fourth-order valence-corrected chi connectivity index (χ4v) is 6.57. The number of carbonyl (C=O) groups is 2. The van der Waals surface area contributed by atoms with Crippen LogP contribution in [0.1, 0.15) is 129 Å². The minimum Gasteiger partial charge on any atom is -0.462 e. The fraction of sp³-hybridized carbons (Fsp3) is 0.617. The summed E-state index contributed by atoms with van der Waals surface area (Å²) in [6.45, 7) is 3.42. The normalized spacial score (nSPS) is 21.1. The van der Waals surface area contributed by atoms with Crippen molar-refractivity contribution in [1.82, 2.24) is 0 Å². The number of allylic oxidation sites excluding steroid dienone is 15. The average Bonchev–Trinajstić information content (AvgIpc) is 3.21. The molecule has 6 atom stereocenters. The summed E-state index contributed by atoms with van der Waals surface area (Å²) in [6, 6.07) is 0. The molecule has 12 nitrogen and oxygen atoms in total. The van der Waals surface area contributed by atoms with Gasteiger partial charge in [0.05, 0.1) is 13.0 Å². The van der Waals surface area contributed by atoms with Gasteiger partial charge in [-0.25, -0.2) is 0 Å². The maximum Gasteiger partial charge on any atom is 0.310 e. The van der Waals surface area contributed by atoms with Crippen molar-refractivity contribution < 1.29 is 56.8 Å². The number of esters is 2. The highest BCUT2D eigenvalue weighted by atomic mass is 32.2. The Morgan fingerprint density at radius 1 is 0.583 bits per heavy atom. The van der Waals surface area contributed by atoms with Crippen molar-refractivity contribution in [1.29, 1.82) is 0 Å². The molecule has 1 heterocycles. The molecule has 1 rings (SSSR count). The van der Waals surface area contributed by atoms with Crippen LogP contribution < -0.4 is 0 Å². The molecule has 0 radical (unpaired) electrons. The van der Waals surface area contributed by atoms with E-state index in [2.05, 4.69) is 86.8 Å². The largest absolute Gasteiger partial charge is 0.462 e. The summed E-state index contributed by atoms with van der Waals surface area (Å²) in [5.74, 6) is -2.17. The SMILES string of the molecule is CC/C=C\C/C=C\C/C=C\C/C=C\C/C=C\CC(=O)OC(COC(=O)CCCCCCCCC/C=C\C/C=C\C/C=C\CC)COC1OC(CS(=O)(=O)O)C(O)C(O)C1O. The van der Waals surface area contributed by atoms with Crippen LogP contribution in [0.2, 0.25) is 0 Å². The molecule has 6 unspecified atom stereocenters. The van der Waals surface area contributed by atoms with E-state index in [0.717, 1.165) is 89.9 Å². The molecule has 0 aromatic heterocycles. The van der Waals surface area contributed by atoms with E-state index in [4.69, 9.17) is 18.9 Å². The molecular weight excluding hydrogens is 789 g/mol. The summed E-state index contributed by atoms with van der Waals surface area (Å²) >= 11 is 0. The van der Waals surface area contributed by atoms with E-state index < -0.39 is 71.2 Å². The van der Waals surface area contributed by atoms with Gasteiger partial charge in [0.15, 0.2) is 12.4 Å². The Morgan fingerprint density at radius 3 is 1.57 bits per heavy atom. The highest BCUT2D eigenvalue weighted by Gasteiger charge is 2.46. The molecule has 1 fully saturated rings. The number of hydrogen-bond donors (Lipinski definition) is 4. The minimum atomic E-state index is -4.62. The van der Waals surface area contributed by atoms with E-state index in [-0.39, 0.29) is 19.4 Å². The topological polar surface area (TPSA) is 186 Å². The van der Waals surface area contributed by atoms with Crippen LogP contribution in [0.5, 0.6) is 0 Å². The number of aliphatic hydroxyl groups excluding tert-OH is 3. The van der Waals surface area contributed by atoms with Gasteiger partial charge in [-0.05, 0) is 70.6 Å². The van der Waals surface area contributed by atoms with Crippen LogP contribution in [0.25, 0.3) is 0 Å². The molecule has 0 saturated carbocycles. The molecule has 1 aliphatic heterocycles. The summed E-state index contributed by atoms with van der Waals surface area (Å²) in [7, 11) is -4.62. The monoisotopic (exact) mass is 862 g/mol. The van der Waals surface area contributed by atoms with Gasteiger partial charge in [0.2, 0.25) is 0 Å². The first-order valence-electron chi connectivity index (χ1n) is 21.8. The Bertz CT molecular complexity index is 1480. The molecule has 0 bridgehead atoms. The van der Waals surface area contributed by atoms with Crippen LogP contribution in [-0.4, -0.2) is 96.0 Å². The van der Waals surface area contributed by atoms with Crippen molar-refractivity contribution in [2.75, 3.05) is 19.0 Å². The molecule has 0 aromatic rings. The van der Waals surface area contributed by atoms with Gasteiger partial charge < -0.3 is 34.3 Å². The molecule has 0 aromatic carbocycles. The average molecular weight is 863 g/mol. The maximum absolute atomic E-state index is 12.7. The molecule has 13 heteroatoms. The lowest BCUT2D eigenvalue weighted by Gasteiger charge is -2.40. The molecule has 60 heavy (non-hydrogen) atoms. The molecule has 1 aliphatic rings. The van der Waals surface area contributed by atoms with Crippen molar-refractivity contribution in [2.24, 2.45) is 0 Å². The smallest absolute Gasteiger partial charge is 0.310 e. The molecule has 0 amide bonds. The molecule has 1 saturated heterocycles. The van der Waals surface area contributed by atoms with Crippen molar-refractivity contribution in [2.45, 2.75) is 166 Å². The third-order valence-electron chi connectivity index (χ3n) is 9.19. The Morgan fingerprint density at radius 2 is 1.05 bits per heavy atom. The Kier molecular flexibility index (Phi) is 33.0.